The summed E-state index contributed by atoms with van der Waals surface area (Å²) in [7, 11) is 0. The van der Waals surface area contributed by atoms with Crippen LogP contribution < -0.4 is 0 Å². The molecular weight excluding hydrogens is 252 g/mol. The number of rotatable bonds is 4. The molecule has 2 aromatic rings. The maximum absolute atomic E-state index is 10.6. The van der Waals surface area contributed by atoms with Gasteiger partial charge in [0, 0.05) is 0 Å². The summed E-state index contributed by atoms with van der Waals surface area (Å²) in [4.78, 5) is 10.6. The Bertz CT molecular complexity index is 582. The normalized spacial score (nSPS) is 10.6. The number of hydrogen-bond donors (Lipinski definition) is 1. The summed E-state index contributed by atoms with van der Waals surface area (Å²) in [6, 6.07) is 5.84. The van der Waals surface area contributed by atoms with Crippen LogP contribution in [0.3, 0.4) is 0 Å². The van der Waals surface area contributed by atoms with Crippen molar-refractivity contribution < 1.29 is 9.90 Å². The van der Waals surface area contributed by atoms with Gasteiger partial charge in [0.2, 0.25) is 5.16 Å². The Hall–Kier alpha value is -1.89. The Labute approximate surface area is 108 Å². The van der Waals surface area contributed by atoms with Crippen molar-refractivity contribution in [3.05, 3.63) is 29.3 Å². The van der Waals surface area contributed by atoms with E-state index < -0.39 is 5.97 Å². The third-order valence-electron chi connectivity index (χ3n) is 2.57. The number of nitrogens with zero attached hydrogens (tertiary/aromatic N) is 4. The average Bonchev–Trinajstić information content (AvgIpc) is 2.78. The third kappa shape index (κ3) is 2.51. The summed E-state index contributed by atoms with van der Waals surface area (Å²) in [6.07, 6.45) is 0. The van der Waals surface area contributed by atoms with Gasteiger partial charge in [-0.3, -0.25) is 4.79 Å². The SMILES string of the molecule is Cc1cccc(-n2nnnc2SCC(=O)O)c1C. The van der Waals surface area contributed by atoms with Crippen molar-refractivity contribution in [2.45, 2.75) is 19.0 Å². The summed E-state index contributed by atoms with van der Waals surface area (Å²) < 4.78 is 1.57. The minimum atomic E-state index is -0.893. The molecule has 1 heterocycles. The van der Waals surface area contributed by atoms with E-state index in [1.807, 2.05) is 32.0 Å². The minimum Gasteiger partial charge on any atom is -0.481 e. The van der Waals surface area contributed by atoms with Crippen molar-refractivity contribution in [1.82, 2.24) is 20.2 Å². The molecule has 6 nitrogen and oxygen atoms in total. The first-order valence-electron chi connectivity index (χ1n) is 5.29. The molecule has 0 saturated carbocycles. The van der Waals surface area contributed by atoms with Crippen molar-refractivity contribution in [3.8, 4) is 5.69 Å². The average molecular weight is 264 g/mol. The zero-order valence-corrected chi connectivity index (χ0v) is 10.8. The number of carboxylic acid groups (broad SMARTS) is 1. The van der Waals surface area contributed by atoms with E-state index in [0.29, 0.717) is 5.16 Å². The van der Waals surface area contributed by atoms with Crippen LogP contribution in [0, 0.1) is 13.8 Å². The van der Waals surface area contributed by atoms with Gasteiger partial charge in [0.15, 0.2) is 0 Å². The van der Waals surface area contributed by atoms with Crippen molar-refractivity contribution in [1.29, 1.82) is 0 Å². The Morgan fingerprint density at radius 1 is 1.44 bits per heavy atom. The Morgan fingerprint density at radius 3 is 2.94 bits per heavy atom. The van der Waals surface area contributed by atoms with Gasteiger partial charge in [-0.15, -0.1) is 5.10 Å². The van der Waals surface area contributed by atoms with Gasteiger partial charge in [0.25, 0.3) is 0 Å². The van der Waals surface area contributed by atoms with E-state index in [1.54, 1.807) is 4.68 Å². The lowest BCUT2D eigenvalue weighted by Gasteiger charge is -2.08. The monoisotopic (exact) mass is 264 g/mol. The van der Waals surface area contributed by atoms with Crippen LogP contribution in [0.4, 0.5) is 0 Å². The second kappa shape index (κ2) is 5.18. The number of benzene rings is 1. The molecule has 1 N–H and O–H groups in total. The van der Waals surface area contributed by atoms with Crippen LogP contribution in [0.2, 0.25) is 0 Å². The molecule has 0 amide bonds. The molecule has 0 saturated heterocycles. The summed E-state index contributed by atoms with van der Waals surface area (Å²) >= 11 is 1.10. The fourth-order valence-corrected chi connectivity index (χ4v) is 2.12. The number of thioether (sulfide) groups is 1. The first-order chi connectivity index (χ1) is 8.59. The molecule has 18 heavy (non-hydrogen) atoms. The second-order valence-electron chi connectivity index (χ2n) is 3.77. The van der Waals surface area contributed by atoms with Crippen LogP contribution >= 0.6 is 11.8 Å². The molecule has 1 aromatic carbocycles. The number of tetrazole rings is 1. The highest BCUT2D eigenvalue weighted by Crippen LogP contribution is 2.21. The van der Waals surface area contributed by atoms with Gasteiger partial charge in [0.05, 0.1) is 11.4 Å². The molecule has 2 rings (SSSR count). The van der Waals surface area contributed by atoms with E-state index in [0.717, 1.165) is 28.6 Å². The van der Waals surface area contributed by atoms with E-state index in [9.17, 15) is 4.79 Å². The molecule has 0 fully saturated rings. The molecule has 0 bridgehead atoms. The maximum Gasteiger partial charge on any atom is 0.313 e. The van der Waals surface area contributed by atoms with Gasteiger partial charge in [-0.2, -0.15) is 4.68 Å². The zero-order valence-electron chi connectivity index (χ0n) is 9.99. The quantitative estimate of drug-likeness (QED) is 0.842. The maximum atomic E-state index is 10.6. The van der Waals surface area contributed by atoms with E-state index >= 15 is 0 Å². The highest BCUT2D eigenvalue weighted by molar-refractivity contribution is 7.99. The van der Waals surface area contributed by atoms with Gasteiger partial charge >= 0.3 is 5.97 Å². The molecule has 7 heteroatoms. The molecule has 0 aliphatic rings. The van der Waals surface area contributed by atoms with Crippen molar-refractivity contribution in [3.63, 3.8) is 0 Å². The first kappa shape index (κ1) is 12.6. The molecule has 94 valence electrons. The lowest BCUT2D eigenvalue weighted by molar-refractivity contribution is -0.133. The largest absolute Gasteiger partial charge is 0.481 e. The molecular formula is C11H12N4O2S. The van der Waals surface area contributed by atoms with Crippen LogP contribution in [-0.2, 0) is 4.79 Å². The highest BCUT2D eigenvalue weighted by atomic mass is 32.2. The summed E-state index contributed by atoms with van der Waals surface area (Å²) in [5.41, 5.74) is 3.08. The Kier molecular flexibility index (Phi) is 3.61. The third-order valence-corrected chi connectivity index (χ3v) is 3.47. The molecule has 0 aliphatic heterocycles. The van der Waals surface area contributed by atoms with Gasteiger partial charge in [-0.1, -0.05) is 23.9 Å². The number of aryl methyl sites for hydroxylation is 1. The number of carboxylic acids is 1. The molecule has 0 aliphatic carbocycles. The van der Waals surface area contributed by atoms with Gasteiger partial charge in [-0.25, -0.2) is 0 Å². The standard InChI is InChI=1S/C11H12N4O2S/c1-7-4-3-5-9(8(7)2)15-11(12-13-14-15)18-6-10(16)17/h3-5H,6H2,1-2H3,(H,16,17). The fraction of sp³-hybridized carbons (Fsp3) is 0.273. The lowest BCUT2D eigenvalue weighted by atomic mass is 10.1. The van der Waals surface area contributed by atoms with Crippen LogP contribution in [-0.4, -0.2) is 37.0 Å². The zero-order chi connectivity index (χ0) is 13.1. The number of aromatic nitrogens is 4. The summed E-state index contributed by atoms with van der Waals surface area (Å²) in [5, 5.41) is 20.5. The Morgan fingerprint density at radius 2 is 2.22 bits per heavy atom. The van der Waals surface area contributed by atoms with E-state index in [4.69, 9.17) is 5.11 Å². The first-order valence-corrected chi connectivity index (χ1v) is 6.27. The summed E-state index contributed by atoms with van der Waals surface area (Å²) in [6.45, 7) is 3.99. The van der Waals surface area contributed by atoms with Crippen molar-refractivity contribution >= 4 is 17.7 Å². The van der Waals surface area contributed by atoms with Crippen LogP contribution in [0.5, 0.6) is 0 Å². The highest BCUT2D eigenvalue weighted by Gasteiger charge is 2.12. The molecule has 0 spiro atoms. The molecule has 1 aromatic heterocycles. The van der Waals surface area contributed by atoms with Crippen LogP contribution in [0.25, 0.3) is 5.69 Å². The predicted molar refractivity (Wildman–Crippen MR) is 67.0 cm³/mol. The lowest BCUT2D eigenvalue weighted by Crippen LogP contribution is -2.05. The van der Waals surface area contributed by atoms with Gasteiger partial charge in [-0.05, 0) is 41.5 Å². The van der Waals surface area contributed by atoms with Crippen LogP contribution in [0.15, 0.2) is 23.4 Å². The second-order valence-corrected chi connectivity index (χ2v) is 4.72. The molecule has 0 atom stereocenters. The summed E-state index contributed by atoms with van der Waals surface area (Å²) in [5.74, 6) is -0.957. The minimum absolute atomic E-state index is 0.0642. The Balaban J connectivity index is 2.36. The molecule has 0 radical (unpaired) electrons. The molecule has 0 unspecified atom stereocenters. The van der Waals surface area contributed by atoms with E-state index in [2.05, 4.69) is 15.5 Å². The van der Waals surface area contributed by atoms with Gasteiger partial charge < -0.3 is 5.11 Å². The topological polar surface area (TPSA) is 80.9 Å². The smallest absolute Gasteiger partial charge is 0.313 e. The number of hydrogen-bond acceptors (Lipinski definition) is 5. The van der Waals surface area contributed by atoms with Crippen molar-refractivity contribution in [2.24, 2.45) is 0 Å². The van der Waals surface area contributed by atoms with E-state index in [-0.39, 0.29) is 5.75 Å². The fourth-order valence-electron chi connectivity index (χ4n) is 1.51. The number of aliphatic carboxylic acids is 1. The van der Waals surface area contributed by atoms with Crippen molar-refractivity contribution in [2.75, 3.05) is 5.75 Å². The number of carbonyl (C=O) groups is 1. The van der Waals surface area contributed by atoms with E-state index in [1.165, 1.54) is 0 Å². The predicted octanol–water partition coefficient (Wildman–Crippen LogP) is 1.46. The van der Waals surface area contributed by atoms with Crippen LogP contribution in [0.1, 0.15) is 11.1 Å². The van der Waals surface area contributed by atoms with Gasteiger partial charge in [0.1, 0.15) is 0 Å².